The van der Waals surface area contributed by atoms with Crippen LogP contribution >= 0.6 is 0 Å². The SMILES string of the molecule is Cc1ccccc1CCNC(=O)CN(C)S(=O)(=O)c1c(C)noc1C. The molecule has 7 nitrogen and oxygen atoms in total. The summed E-state index contributed by atoms with van der Waals surface area (Å²) in [5, 5.41) is 6.41. The van der Waals surface area contributed by atoms with Gasteiger partial charge in [0.15, 0.2) is 5.76 Å². The Balaban J connectivity index is 1.93. The number of nitrogens with zero attached hydrogens (tertiary/aromatic N) is 2. The first-order valence-electron chi connectivity index (χ1n) is 7.94. The van der Waals surface area contributed by atoms with Crippen LogP contribution in [0.1, 0.15) is 22.6 Å². The zero-order chi connectivity index (χ0) is 18.6. The standard InChI is InChI=1S/C17H23N3O4S/c1-12-7-5-6-8-15(12)9-10-18-16(21)11-20(4)25(22,23)17-13(2)19-24-14(17)3/h5-8H,9-11H2,1-4H3,(H,18,21). The number of nitrogens with one attached hydrogen (secondary N) is 1. The highest BCUT2D eigenvalue weighted by Crippen LogP contribution is 2.22. The van der Waals surface area contributed by atoms with Gasteiger partial charge in [-0.25, -0.2) is 8.42 Å². The Kier molecular flexibility index (Phi) is 5.97. The number of amides is 1. The summed E-state index contributed by atoms with van der Waals surface area (Å²) in [6.45, 7) is 5.28. The van der Waals surface area contributed by atoms with Crippen molar-refractivity contribution in [3.63, 3.8) is 0 Å². The lowest BCUT2D eigenvalue weighted by Crippen LogP contribution is -2.39. The van der Waals surface area contributed by atoms with Crippen molar-refractivity contribution in [2.75, 3.05) is 20.1 Å². The molecule has 0 saturated heterocycles. The molecular formula is C17H23N3O4S. The Bertz CT molecular complexity index is 839. The lowest BCUT2D eigenvalue weighted by molar-refractivity contribution is -0.121. The fourth-order valence-electron chi connectivity index (χ4n) is 2.57. The van der Waals surface area contributed by atoms with E-state index in [4.69, 9.17) is 4.52 Å². The minimum atomic E-state index is -3.82. The number of sulfonamides is 1. The van der Waals surface area contributed by atoms with Gasteiger partial charge < -0.3 is 9.84 Å². The van der Waals surface area contributed by atoms with Crippen LogP contribution in [0.4, 0.5) is 0 Å². The zero-order valence-electron chi connectivity index (χ0n) is 14.9. The van der Waals surface area contributed by atoms with Crippen LogP contribution in [0.2, 0.25) is 0 Å². The summed E-state index contributed by atoms with van der Waals surface area (Å²) < 4.78 is 31.0. The first-order chi connectivity index (χ1) is 11.7. The Morgan fingerprint density at radius 3 is 2.52 bits per heavy atom. The molecule has 2 aromatic rings. The number of aromatic nitrogens is 1. The van der Waals surface area contributed by atoms with Crippen molar-refractivity contribution in [2.24, 2.45) is 0 Å². The van der Waals surface area contributed by atoms with E-state index < -0.39 is 10.0 Å². The monoisotopic (exact) mass is 365 g/mol. The predicted octanol–water partition coefficient (Wildman–Crippen LogP) is 1.58. The van der Waals surface area contributed by atoms with Gasteiger partial charge in [-0.15, -0.1) is 0 Å². The van der Waals surface area contributed by atoms with Crippen molar-refractivity contribution in [3.05, 3.63) is 46.8 Å². The van der Waals surface area contributed by atoms with Crippen LogP contribution in [-0.2, 0) is 21.2 Å². The van der Waals surface area contributed by atoms with Gasteiger partial charge in [0.05, 0.1) is 6.54 Å². The van der Waals surface area contributed by atoms with Crippen LogP contribution in [0.25, 0.3) is 0 Å². The second-order valence-electron chi connectivity index (χ2n) is 5.94. The summed E-state index contributed by atoms with van der Waals surface area (Å²) in [5.41, 5.74) is 2.60. The smallest absolute Gasteiger partial charge is 0.248 e. The minimum Gasteiger partial charge on any atom is -0.360 e. The first kappa shape index (κ1) is 19.1. The van der Waals surface area contributed by atoms with E-state index in [9.17, 15) is 13.2 Å². The van der Waals surface area contributed by atoms with E-state index >= 15 is 0 Å². The van der Waals surface area contributed by atoms with Crippen LogP contribution in [-0.4, -0.2) is 43.9 Å². The second kappa shape index (κ2) is 7.79. The Morgan fingerprint density at radius 2 is 1.92 bits per heavy atom. The molecule has 1 amide bonds. The minimum absolute atomic E-state index is 0.0164. The molecule has 0 fully saturated rings. The zero-order valence-corrected chi connectivity index (χ0v) is 15.7. The van der Waals surface area contributed by atoms with Gasteiger partial charge in [-0.3, -0.25) is 4.79 Å². The quantitative estimate of drug-likeness (QED) is 0.804. The molecule has 1 N–H and O–H groups in total. The van der Waals surface area contributed by atoms with Crippen LogP contribution in [0, 0.1) is 20.8 Å². The van der Waals surface area contributed by atoms with E-state index in [-0.39, 0.29) is 28.8 Å². The third-order valence-electron chi connectivity index (χ3n) is 3.98. The van der Waals surface area contributed by atoms with Gasteiger partial charge in [-0.1, -0.05) is 29.4 Å². The summed E-state index contributed by atoms with van der Waals surface area (Å²) in [6, 6.07) is 7.94. The molecule has 0 atom stereocenters. The number of hydrogen-bond acceptors (Lipinski definition) is 5. The topological polar surface area (TPSA) is 92.5 Å². The maximum atomic E-state index is 12.6. The maximum absolute atomic E-state index is 12.6. The number of carbonyl (C=O) groups excluding carboxylic acids is 1. The number of likely N-dealkylation sites (N-methyl/N-ethyl adjacent to an activating group) is 1. The molecule has 1 aromatic carbocycles. The summed E-state index contributed by atoms with van der Waals surface area (Å²) in [7, 11) is -2.46. The predicted molar refractivity (Wildman–Crippen MR) is 93.7 cm³/mol. The van der Waals surface area contributed by atoms with Crippen molar-refractivity contribution in [1.82, 2.24) is 14.8 Å². The van der Waals surface area contributed by atoms with Crippen molar-refractivity contribution >= 4 is 15.9 Å². The Labute approximate surface area is 148 Å². The van der Waals surface area contributed by atoms with Gasteiger partial charge in [0.25, 0.3) is 0 Å². The van der Waals surface area contributed by atoms with E-state index in [1.165, 1.54) is 14.0 Å². The number of carbonyl (C=O) groups is 1. The van der Waals surface area contributed by atoms with Crippen LogP contribution in [0.15, 0.2) is 33.7 Å². The molecular weight excluding hydrogens is 342 g/mol. The van der Waals surface area contributed by atoms with E-state index in [1.807, 2.05) is 31.2 Å². The lowest BCUT2D eigenvalue weighted by Gasteiger charge is -2.16. The third kappa shape index (κ3) is 4.46. The van der Waals surface area contributed by atoms with E-state index in [2.05, 4.69) is 10.5 Å². The van der Waals surface area contributed by atoms with Gasteiger partial charge >= 0.3 is 0 Å². The molecule has 25 heavy (non-hydrogen) atoms. The molecule has 2 rings (SSSR count). The molecule has 0 saturated carbocycles. The average molecular weight is 365 g/mol. The molecule has 1 heterocycles. The molecule has 0 aliphatic rings. The molecule has 136 valence electrons. The van der Waals surface area contributed by atoms with Crippen molar-refractivity contribution < 1.29 is 17.7 Å². The normalized spacial score (nSPS) is 11.7. The molecule has 1 aromatic heterocycles. The van der Waals surface area contributed by atoms with Gasteiger partial charge in [-0.2, -0.15) is 4.31 Å². The lowest BCUT2D eigenvalue weighted by atomic mass is 10.1. The number of hydrogen-bond donors (Lipinski definition) is 1. The fourth-order valence-corrected chi connectivity index (χ4v) is 3.98. The average Bonchev–Trinajstić information content (AvgIpc) is 2.88. The van der Waals surface area contributed by atoms with Crippen LogP contribution in [0.3, 0.4) is 0 Å². The Morgan fingerprint density at radius 1 is 1.24 bits per heavy atom. The van der Waals surface area contributed by atoms with Gasteiger partial charge in [-0.05, 0) is 38.3 Å². The Hall–Kier alpha value is -2.19. The second-order valence-corrected chi connectivity index (χ2v) is 7.92. The number of aryl methyl sites for hydroxylation is 3. The van der Waals surface area contributed by atoms with Gasteiger partial charge in [0.1, 0.15) is 10.6 Å². The van der Waals surface area contributed by atoms with Crippen molar-refractivity contribution in [2.45, 2.75) is 32.1 Å². The van der Waals surface area contributed by atoms with Crippen molar-refractivity contribution in [1.29, 1.82) is 0 Å². The van der Waals surface area contributed by atoms with E-state index in [0.717, 1.165) is 15.4 Å². The number of benzene rings is 1. The highest BCUT2D eigenvalue weighted by molar-refractivity contribution is 7.89. The van der Waals surface area contributed by atoms with Crippen LogP contribution in [0.5, 0.6) is 0 Å². The first-order valence-corrected chi connectivity index (χ1v) is 9.38. The summed E-state index contributed by atoms with van der Waals surface area (Å²) in [4.78, 5) is 12.1. The maximum Gasteiger partial charge on any atom is 0.248 e. The summed E-state index contributed by atoms with van der Waals surface area (Å²) >= 11 is 0. The molecule has 0 spiro atoms. The largest absolute Gasteiger partial charge is 0.360 e. The highest BCUT2D eigenvalue weighted by atomic mass is 32.2. The van der Waals surface area contributed by atoms with Gasteiger partial charge in [0.2, 0.25) is 15.9 Å². The summed E-state index contributed by atoms with van der Waals surface area (Å²) in [5.74, 6) is -0.143. The molecule has 0 aliphatic heterocycles. The molecule has 0 aliphatic carbocycles. The molecule has 8 heteroatoms. The highest BCUT2D eigenvalue weighted by Gasteiger charge is 2.29. The summed E-state index contributed by atoms with van der Waals surface area (Å²) in [6.07, 6.45) is 0.693. The van der Waals surface area contributed by atoms with E-state index in [0.29, 0.717) is 13.0 Å². The van der Waals surface area contributed by atoms with Crippen molar-refractivity contribution in [3.8, 4) is 0 Å². The molecule has 0 bridgehead atoms. The fraction of sp³-hybridized carbons (Fsp3) is 0.412. The molecule has 0 unspecified atom stereocenters. The molecule has 0 radical (unpaired) electrons. The van der Waals surface area contributed by atoms with Gasteiger partial charge in [0, 0.05) is 13.6 Å². The number of rotatable bonds is 7. The van der Waals surface area contributed by atoms with Crippen LogP contribution < -0.4 is 5.32 Å². The third-order valence-corrected chi connectivity index (χ3v) is 6.03. The van der Waals surface area contributed by atoms with E-state index in [1.54, 1.807) is 6.92 Å².